The highest BCUT2D eigenvalue weighted by atomic mass is 79.9. The molecule has 0 fully saturated rings. The molecular weight excluding hydrogens is 376 g/mol. The van der Waals surface area contributed by atoms with Gasteiger partial charge in [0.2, 0.25) is 5.82 Å². The summed E-state index contributed by atoms with van der Waals surface area (Å²) >= 11 is 5.09. The van der Waals surface area contributed by atoms with Gasteiger partial charge in [-0.05, 0) is 48.6 Å². The van der Waals surface area contributed by atoms with E-state index in [1.165, 1.54) is 0 Å². The zero-order chi connectivity index (χ0) is 16.4. The molecule has 0 amide bonds. The van der Waals surface area contributed by atoms with Crippen molar-refractivity contribution in [1.82, 2.24) is 10.1 Å². The smallest absolute Gasteiger partial charge is 0.259 e. The Morgan fingerprint density at radius 1 is 1.17 bits per heavy atom. The Kier molecular flexibility index (Phi) is 4.82. The summed E-state index contributed by atoms with van der Waals surface area (Å²) in [5.41, 5.74) is 0.986. The highest BCUT2D eigenvalue weighted by Gasteiger charge is 2.25. The first-order chi connectivity index (χ1) is 11.0. The fourth-order valence-electron chi connectivity index (χ4n) is 2.21. The minimum atomic E-state index is -0.257. The maximum atomic E-state index is 6.07. The fourth-order valence-corrected chi connectivity index (χ4v) is 3.17. The number of rotatable bonds is 5. The second kappa shape index (κ2) is 6.84. The van der Waals surface area contributed by atoms with Gasteiger partial charge in [0.15, 0.2) is 6.10 Å². The predicted molar refractivity (Wildman–Crippen MR) is 94.7 cm³/mol. The van der Waals surface area contributed by atoms with Gasteiger partial charge in [0, 0.05) is 9.35 Å². The van der Waals surface area contributed by atoms with E-state index in [1.807, 2.05) is 42.6 Å². The lowest BCUT2D eigenvalue weighted by Crippen LogP contribution is -2.15. The van der Waals surface area contributed by atoms with Crippen LogP contribution >= 0.6 is 27.3 Å². The average molecular weight is 393 g/mol. The minimum absolute atomic E-state index is 0.215. The van der Waals surface area contributed by atoms with Crippen molar-refractivity contribution in [3.63, 3.8) is 0 Å². The van der Waals surface area contributed by atoms with Gasteiger partial charge in [-0.2, -0.15) is 4.98 Å². The molecule has 0 radical (unpaired) electrons. The summed E-state index contributed by atoms with van der Waals surface area (Å²) in [6, 6.07) is 9.73. The van der Waals surface area contributed by atoms with Crippen molar-refractivity contribution in [3.05, 3.63) is 50.9 Å². The summed E-state index contributed by atoms with van der Waals surface area (Å²) in [4.78, 5) is 5.71. The third-order valence-corrected chi connectivity index (χ3v) is 4.84. The Balaban J connectivity index is 1.85. The van der Waals surface area contributed by atoms with Crippen LogP contribution in [0.1, 0.15) is 30.7 Å². The molecule has 1 unspecified atom stereocenters. The van der Waals surface area contributed by atoms with Crippen LogP contribution in [0.4, 0.5) is 0 Å². The summed E-state index contributed by atoms with van der Waals surface area (Å²) in [7, 11) is 0. The third kappa shape index (κ3) is 3.64. The van der Waals surface area contributed by atoms with E-state index in [-0.39, 0.29) is 12.0 Å². The van der Waals surface area contributed by atoms with Crippen molar-refractivity contribution < 1.29 is 9.26 Å². The molecule has 0 spiro atoms. The van der Waals surface area contributed by atoms with Gasteiger partial charge in [0.05, 0.1) is 5.56 Å². The van der Waals surface area contributed by atoms with Crippen molar-refractivity contribution >= 4 is 27.3 Å². The molecule has 0 saturated carbocycles. The highest BCUT2D eigenvalue weighted by molar-refractivity contribution is 9.10. The number of hydrogen-bond acceptors (Lipinski definition) is 5. The molecule has 0 aliphatic rings. The Morgan fingerprint density at radius 2 is 1.91 bits per heavy atom. The normalized spacial score (nSPS) is 12.6. The van der Waals surface area contributed by atoms with Crippen molar-refractivity contribution in [2.45, 2.75) is 26.9 Å². The van der Waals surface area contributed by atoms with Gasteiger partial charge in [-0.3, -0.25) is 0 Å². The Labute approximate surface area is 147 Å². The summed E-state index contributed by atoms with van der Waals surface area (Å²) in [6.45, 7) is 6.20. The van der Waals surface area contributed by atoms with Crippen LogP contribution in [0.25, 0.3) is 11.5 Å². The largest absolute Gasteiger partial charge is 0.482 e. The molecule has 0 aliphatic carbocycles. The predicted octanol–water partition coefficient (Wildman–Crippen LogP) is 5.65. The van der Waals surface area contributed by atoms with Crippen LogP contribution in [-0.4, -0.2) is 10.1 Å². The van der Waals surface area contributed by atoms with E-state index in [2.05, 4.69) is 39.9 Å². The van der Waals surface area contributed by atoms with Crippen LogP contribution in [0.15, 0.2) is 44.7 Å². The molecule has 0 bridgehead atoms. The van der Waals surface area contributed by atoms with Crippen LogP contribution in [0.5, 0.6) is 5.75 Å². The molecule has 1 aromatic carbocycles. The fraction of sp³-hybridized carbons (Fsp3) is 0.294. The van der Waals surface area contributed by atoms with Gasteiger partial charge in [0.25, 0.3) is 5.89 Å². The number of thiophene rings is 1. The lowest BCUT2D eigenvalue weighted by Gasteiger charge is -2.19. The lowest BCUT2D eigenvalue weighted by atomic mass is 10.1. The number of halogens is 1. The molecular formula is C17H17BrN2O2S. The third-order valence-electron chi connectivity index (χ3n) is 3.47. The van der Waals surface area contributed by atoms with Gasteiger partial charge in [-0.1, -0.05) is 34.9 Å². The summed E-state index contributed by atoms with van der Waals surface area (Å²) in [5, 5.41) is 6.15. The first kappa shape index (κ1) is 16.2. The summed E-state index contributed by atoms with van der Waals surface area (Å²) in [6.07, 6.45) is -0.257. The molecule has 120 valence electrons. The second-order valence-corrected chi connectivity index (χ2v) is 7.62. The number of aromatic nitrogens is 2. The summed E-state index contributed by atoms with van der Waals surface area (Å²) in [5.74, 6) is 2.12. The van der Waals surface area contributed by atoms with Gasteiger partial charge in [0.1, 0.15) is 5.75 Å². The van der Waals surface area contributed by atoms with Crippen molar-refractivity contribution in [2.75, 3.05) is 0 Å². The molecule has 1 atom stereocenters. The van der Waals surface area contributed by atoms with Crippen LogP contribution in [0.2, 0.25) is 0 Å². The van der Waals surface area contributed by atoms with E-state index < -0.39 is 0 Å². The zero-order valence-corrected chi connectivity index (χ0v) is 15.5. The molecule has 0 N–H and O–H groups in total. The molecule has 0 saturated heterocycles. The Bertz CT molecular complexity index is 780. The molecule has 23 heavy (non-hydrogen) atoms. The van der Waals surface area contributed by atoms with Gasteiger partial charge >= 0.3 is 0 Å². The van der Waals surface area contributed by atoms with Crippen LogP contribution in [-0.2, 0) is 0 Å². The number of nitrogens with zero attached hydrogens (tertiary/aromatic N) is 2. The molecule has 6 heteroatoms. The van der Waals surface area contributed by atoms with E-state index in [1.54, 1.807) is 11.3 Å². The SMILES string of the molecule is Cc1sccc1-c1nc(C(Oc2ccc(Br)cc2)C(C)C)no1. The van der Waals surface area contributed by atoms with Crippen molar-refractivity contribution in [1.29, 1.82) is 0 Å². The second-order valence-electron chi connectivity index (χ2n) is 5.58. The number of aryl methyl sites for hydroxylation is 1. The molecule has 0 aliphatic heterocycles. The van der Waals surface area contributed by atoms with Gasteiger partial charge in [-0.15, -0.1) is 11.3 Å². The minimum Gasteiger partial charge on any atom is -0.482 e. The molecule has 4 nitrogen and oxygen atoms in total. The maximum Gasteiger partial charge on any atom is 0.259 e. The van der Waals surface area contributed by atoms with Crippen LogP contribution < -0.4 is 4.74 Å². The molecule has 2 heterocycles. The van der Waals surface area contributed by atoms with Crippen molar-refractivity contribution in [3.8, 4) is 17.2 Å². The maximum absolute atomic E-state index is 6.07. The molecule has 2 aromatic heterocycles. The number of hydrogen-bond donors (Lipinski definition) is 0. The van der Waals surface area contributed by atoms with E-state index in [9.17, 15) is 0 Å². The summed E-state index contributed by atoms with van der Waals surface area (Å²) < 4.78 is 12.5. The van der Waals surface area contributed by atoms with Gasteiger partial charge < -0.3 is 9.26 Å². The standard InChI is InChI=1S/C17H17BrN2O2S/c1-10(2)15(21-13-6-4-12(18)5-7-13)16-19-17(22-20-16)14-8-9-23-11(14)3/h4-10,15H,1-3H3. The molecule has 3 aromatic rings. The van der Waals surface area contributed by atoms with Crippen molar-refractivity contribution in [2.24, 2.45) is 5.92 Å². The van der Waals surface area contributed by atoms with Crippen LogP contribution in [0.3, 0.4) is 0 Å². The molecule has 3 rings (SSSR count). The van der Waals surface area contributed by atoms with Crippen LogP contribution in [0, 0.1) is 12.8 Å². The van der Waals surface area contributed by atoms with E-state index in [0.29, 0.717) is 11.7 Å². The van der Waals surface area contributed by atoms with E-state index >= 15 is 0 Å². The van der Waals surface area contributed by atoms with E-state index in [4.69, 9.17) is 9.26 Å². The topological polar surface area (TPSA) is 48.2 Å². The number of benzene rings is 1. The van der Waals surface area contributed by atoms with Gasteiger partial charge in [-0.25, -0.2) is 0 Å². The Hall–Kier alpha value is -1.66. The Morgan fingerprint density at radius 3 is 2.52 bits per heavy atom. The highest BCUT2D eigenvalue weighted by Crippen LogP contribution is 2.31. The average Bonchev–Trinajstić information content (AvgIpc) is 3.15. The first-order valence-corrected chi connectivity index (χ1v) is 9.02. The first-order valence-electron chi connectivity index (χ1n) is 7.35. The zero-order valence-electron chi connectivity index (χ0n) is 13.1. The number of ether oxygens (including phenoxy) is 1. The quantitative estimate of drug-likeness (QED) is 0.563. The van der Waals surface area contributed by atoms with E-state index in [0.717, 1.165) is 20.7 Å². The lowest BCUT2D eigenvalue weighted by molar-refractivity contribution is 0.141. The monoisotopic (exact) mass is 392 g/mol.